The molecule has 0 fully saturated rings. The molecule has 18 heteroatoms. The van der Waals surface area contributed by atoms with Crippen LogP contribution in [0.5, 0.6) is 5.75 Å². The first-order valence-electron chi connectivity index (χ1n) is 19.3. The van der Waals surface area contributed by atoms with Crippen molar-refractivity contribution < 1.29 is 27.5 Å². The quantitative estimate of drug-likeness (QED) is 0.0532. The fourth-order valence-electron chi connectivity index (χ4n) is 6.10. The number of hydrogen-bond donors (Lipinski definition) is 1. The Balaban J connectivity index is 0.000000184. The van der Waals surface area contributed by atoms with E-state index in [1.807, 2.05) is 73.5 Å². The lowest BCUT2D eigenvalue weighted by atomic mass is 10.1. The number of nitrogens with one attached hydrogen (secondary N) is 1. The van der Waals surface area contributed by atoms with Gasteiger partial charge in [0.05, 0.1) is 23.8 Å². The van der Waals surface area contributed by atoms with Crippen LogP contribution in [0.25, 0.3) is 45.3 Å². The van der Waals surface area contributed by atoms with E-state index < -0.39 is 0 Å². The number of rotatable bonds is 17. The maximum absolute atomic E-state index is 13.4. The van der Waals surface area contributed by atoms with Gasteiger partial charge in [0.25, 0.3) is 0 Å². The highest BCUT2D eigenvalue weighted by Gasteiger charge is 2.23. The molecule has 8 aromatic rings. The van der Waals surface area contributed by atoms with Gasteiger partial charge in [0, 0.05) is 45.0 Å². The van der Waals surface area contributed by atoms with Gasteiger partial charge in [0.15, 0.2) is 10.9 Å². The Morgan fingerprint density at radius 3 is 1.67 bits per heavy atom. The third kappa shape index (κ3) is 10.4. The molecule has 0 radical (unpaired) electrons. The summed E-state index contributed by atoms with van der Waals surface area (Å²) in [5, 5.41) is 21.1. The molecule has 0 aliphatic rings. The predicted molar refractivity (Wildman–Crippen MR) is 226 cm³/mol. The number of anilines is 1. The van der Waals surface area contributed by atoms with Crippen LogP contribution in [0.3, 0.4) is 0 Å². The molecular weight excluding hydrogens is 805 g/mol. The minimum absolute atomic E-state index is 0.224. The van der Waals surface area contributed by atoms with Gasteiger partial charge in [-0.1, -0.05) is 59.0 Å². The molecule has 4 aromatic carbocycles. The van der Waals surface area contributed by atoms with Crippen molar-refractivity contribution in [3.63, 3.8) is 0 Å². The Hall–Kier alpha value is -6.73. The summed E-state index contributed by atoms with van der Waals surface area (Å²) in [6.45, 7) is 6.06. The van der Waals surface area contributed by atoms with Gasteiger partial charge in [-0.05, 0) is 80.1 Å². The molecule has 0 aliphatic carbocycles. The van der Waals surface area contributed by atoms with E-state index >= 15 is 0 Å². The minimum atomic E-state index is -0.318. The largest absolute Gasteiger partial charge is 0.359 e. The Kier molecular flexibility index (Phi) is 14.2. The van der Waals surface area contributed by atoms with Crippen LogP contribution < -0.4 is 10.2 Å². The zero-order valence-electron chi connectivity index (χ0n) is 33.9. The smallest absolute Gasteiger partial charge is 0.203 e. The summed E-state index contributed by atoms with van der Waals surface area (Å²) in [6.07, 6.45) is 3.48. The molecule has 4 heterocycles. The number of benzene rings is 4. The molecule has 0 saturated carbocycles. The number of ether oxygens (including phenoxy) is 2. The van der Waals surface area contributed by atoms with Crippen LogP contribution >= 0.6 is 12.0 Å². The van der Waals surface area contributed by atoms with Crippen molar-refractivity contribution in [2.45, 2.75) is 39.0 Å². The third-order valence-corrected chi connectivity index (χ3v) is 9.90. The molecule has 1 N–H and O–H groups in total. The molecule has 15 nitrogen and oxygen atoms in total. The van der Waals surface area contributed by atoms with Gasteiger partial charge in [0.2, 0.25) is 5.95 Å². The van der Waals surface area contributed by atoms with Crippen LogP contribution in [0.4, 0.5) is 14.7 Å². The van der Waals surface area contributed by atoms with Gasteiger partial charge in [-0.2, -0.15) is 0 Å². The first-order valence-corrected chi connectivity index (χ1v) is 20.0. The second-order valence-corrected chi connectivity index (χ2v) is 13.9. The van der Waals surface area contributed by atoms with Crippen molar-refractivity contribution in [2.24, 2.45) is 14.1 Å². The summed E-state index contributed by atoms with van der Waals surface area (Å²) < 4.78 is 50.3. The van der Waals surface area contributed by atoms with Crippen molar-refractivity contribution in [1.82, 2.24) is 49.1 Å². The normalized spacial score (nSPS) is 11.0. The van der Waals surface area contributed by atoms with E-state index in [1.54, 1.807) is 58.2 Å². The summed E-state index contributed by atoms with van der Waals surface area (Å²) >= 11 is 0.986. The molecule has 0 saturated heterocycles. The molecule has 314 valence electrons. The highest BCUT2D eigenvalue weighted by molar-refractivity contribution is 7.94. The summed E-state index contributed by atoms with van der Waals surface area (Å²) in [4.78, 5) is 14.2. The highest BCUT2D eigenvalue weighted by atomic mass is 32.2. The zero-order chi connectivity index (χ0) is 42.6. The van der Waals surface area contributed by atoms with Gasteiger partial charge in [-0.15, -0.1) is 14.5 Å². The minimum Gasteiger partial charge on any atom is -0.359 e. The molecular formula is C43H43F2N11O4S. The van der Waals surface area contributed by atoms with E-state index in [-0.39, 0.29) is 25.1 Å². The zero-order valence-corrected chi connectivity index (χ0v) is 34.7. The fourth-order valence-corrected chi connectivity index (χ4v) is 6.58. The number of aromatic nitrogens is 10. The third-order valence-electron chi connectivity index (χ3n) is 9.24. The Morgan fingerprint density at radius 1 is 0.623 bits per heavy atom. The van der Waals surface area contributed by atoms with Gasteiger partial charge in [-0.3, -0.25) is 0 Å². The van der Waals surface area contributed by atoms with Crippen molar-refractivity contribution in [1.29, 1.82) is 0 Å². The number of halogens is 2. The van der Waals surface area contributed by atoms with E-state index in [0.717, 1.165) is 51.8 Å². The van der Waals surface area contributed by atoms with E-state index in [2.05, 4.69) is 48.0 Å². The standard InChI is InChI=1S/C22H23FN6O.C21H20FN5O3S/c1-3-30-15-29-21(20(26-27-29)17-9-11-18(23)12-10-17)19-14-25-22(28(19)2)24-13-16-7-5-4-6-8-16;1-3-28-14-27-20(19(24-25-27)15-9-11-16(22)12-10-15)18-13-23-21(26(18)2)31-30-29-17-7-5-4-6-8-17/h4-12,14H,3,13,15H2,1-2H3,(H,24,25);4-13H,3,14H2,1-2H3. The number of hydrogen-bond acceptors (Lipinski definition) is 12. The average Bonchev–Trinajstić information content (AvgIpc) is 4.08. The molecule has 0 amide bonds. The van der Waals surface area contributed by atoms with Crippen LogP contribution in [0.2, 0.25) is 0 Å². The molecule has 0 unspecified atom stereocenters. The lowest BCUT2D eigenvalue weighted by Crippen LogP contribution is -2.09. The molecule has 61 heavy (non-hydrogen) atoms. The summed E-state index contributed by atoms with van der Waals surface area (Å²) in [5.74, 6) is 0.696. The van der Waals surface area contributed by atoms with E-state index in [4.69, 9.17) is 18.7 Å². The maximum atomic E-state index is 13.4. The summed E-state index contributed by atoms with van der Waals surface area (Å²) in [6, 6.07) is 31.6. The predicted octanol–water partition coefficient (Wildman–Crippen LogP) is 8.59. The molecule has 8 rings (SSSR count). The monoisotopic (exact) mass is 847 g/mol. The van der Waals surface area contributed by atoms with Crippen LogP contribution in [0, 0.1) is 11.6 Å². The second kappa shape index (κ2) is 20.5. The van der Waals surface area contributed by atoms with Crippen molar-refractivity contribution >= 4 is 18.0 Å². The summed E-state index contributed by atoms with van der Waals surface area (Å²) in [7, 11) is 3.78. The molecule has 0 aliphatic heterocycles. The van der Waals surface area contributed by atoms with Crippen LogP contribution in [-0.2, 0) is 47.9 Å². The van der Waals surface area contributed by atoms with Crippen molar-refractivity contribution in [2.75, 3.05) is 18.5 Å². The highest BCUT2D eigenvalue weighted by Crippen LogP contribution is 2.34. The van der Waals surface area contributed by atoms with Gasteiger partial charge in [-0.25, -0.2) is 28.1 Å². The second-order valence-electron chi connectivity index (χ2n) is 13.2. The van der Waals surface area contributed by atoms with Gasteiger partial charge >= 0.3 is 0 Å². The van der Waals surface area contributed by atoms with Crippen molar-refractivity contribution in [3.05, 3.63) is 139 Å². The first-order chi connectivity index (χ1) is 29.8. The average molecular weight is 848 g/mol. The van der Waals surface area contributed by atoms with Gasteiger partial charge in [0.1, 0.15) is 59.9 Å². The number of nitrogens with zero attached hydrogens (tertiary/aromatic N) is 10. The number of para-hydroxylation sites is 1. The first kappa shape index (κ1) is 42.4. The molecule has 0 spiro atoms. The lowest BCUT2D eigenvalue weighted by Gasteiger charge is -2.11. The molecule has 0 atom stereocenters. The van der Waals surface area contributed by atoms with E-state index in [1.165, 1.54) is 24.3 Å². The molecule has 4 aromatic heterocycles. The lowest BCUT2D eigenvalue weighted by molar-refractivity contribution is -0.0782. The molecule has 0 bridgehead atoms. The van der Waals surface area contributed by atoms with Crippen LogP contribution in [-0.4, -0.2) is 62.3 Å². The topological polar surface area (TPSA) is 146 Å². The Bertz CT molecular complexity index is 2600. The fraction of sp³-hybridized carbons (Fsp3) is 0.209. The van der Waals surface area contributed by atoms with Gasteiger partial charge < -0.3 is 28.8 Å². The maximum Gasteiger partial charge on any atom is 0.203 e. The van der Waals surface area contributed by atoms with Crippen LogP contribution in [0.1, 0.15) is 19.4 Å². The Morgan fingerprint density at radius 2 is 1.13 bits per heavy atom. The SMILES string of the molecule is CCOCn1nnc(-c2ccc(F)cc2)c1-c1cnc(NCc2ccccc2)n1C.CCOCn1nnc(-c2ccc(F)cc2)c1-c1cnc(SOOc2ccccc2)n1C. The van der Waals surface area contributed by atoms with Crippen molar-refractivity contribution in [3.8, 4) is 51.0 Å². The summed E-state index contributed by atoms with van der Waals surface area (Å²) in [5.41, 5.74) is 6.95. The van der Waals surface area contributed by atoms with E-state index in [0.29, 0.717) is 47.7 Å². The van der Waals surface area contributed by atoms with E-state index in [9.17, 15) is 8.78 Å². The Labute approximate surface area is 355 Å². The number of imidazole rings is 2. The van der Waals surface area contributed by atoms with Crippen LogP contribution in [0.15, 0.2) is 127 Å².